The van der Waals surface area contributed by atoms with Crippen LogP contribution in [0.25, 0.3) is 0 Å². The van der Waals surface area contributed by atoms with Crippen LogP contribution in [-0.4, -0.2) is 89.5 Å². The average Bonchev–Trinajstić information content (AvgIpc) is 3.13. The lowest BCUT2D eigenvalue weighted by Gasteiger charge is -2.62. The monoisotopic (exact) mass is 743 g/mol. The highest BCUT2D eigenvalue weighted by atomic mass is 19.4. The van der Waals surface area contributed by atoms with Crippen molar-refractivity contribution in [3.63, 3.8) is 0 Å². The Kier molecular flexibility index (Phi) is 9.18. The summed E-state index contributed by atoms with van der Waals surface area (Å²) in [5.41, 5.74) is -1.67. The van der Waals surface area contributed by atoms with Crippen LogP contribution in [0.1, 0.15) is 106 Å². The van der Waals surface area contributed by atoms with Crippen LogP contribution in [0.15, 0.2) is 11.3 Å². The summed E-state index contributed by atoms with van der Waals surface area (Å²) in [5.74, 6) is -4.71. The van der Waals surface area contributed by atoms with Gasteiger partial charge in [0.05, 0.1) is 13.2 Å². The lowest BCUT2D eigenvalue weighted by Crippen LogP contribution is -2.72. The van der Waals surface area contributed by atoms with E-state index in [0.29, 0.717) is 44.6 Å². The number of rotatable bonds is 10. The molecular formula is C38H56F3NO10. The number of halogens is 3. The Morgan fingerprint density at radius 2 is 1.52 bits per heavy atom. The molecule has 7 heterocycles. The minimum Gasteiger partial charge on any atom is -0.480 e. The van der Waals surface area contributed by atoms with Gasteiger partial charge in [-0.2, -0.15) is 13.2 Å². The quantitative estimate of drug-likeness (QED) is 0.186. The minimum absolute atomic E-state index is 0.0225. The van der Waals surface area contributed by atoms with Crippen LogP contribution in [-0.2, 0) is 43.0 Å². The van der Waals surface area contributed by atoms with Gasteiger partial charge in [-0.1, -0.05) is 20.8 Å². The molecule has 0 aromatic rings. The number of carbonyl (C=O) groups is 1. The van der Waals surface area contributed by atoms with Gasteiger partial charge in [-0.15, -0.1) is 0 Å². The van der Waals surface area contributed by atoms with Gasteiger partial charge < -0.3 is 33.5 Å². The van der Waals surface area contributed by atoms with Gasteiger partial charge in [0.2, 0.25) is 17.8 Å². The Morgan fingerprint density at radius 1 is 0.846 bits per heavy atom. The van der Waals surface area contributed by atoms with Crippen LogP contribution in [0.2, 0.25) is 0 Å². The number of hydrogen-bond acceptors (Lipinski definition) is 10. The van der Waals surface area contributed by atoms with Crippen molar-refractivity contribution in [2.75, 3.05) is 26.2 Å². The molecule has 6 saturated heterocycles. The Balaban J connectivity index is 0.957. The van der Waals surface area contributed by atoms with Gasteiger partial charge in [-0.25, -0.2) is 9.78 Å². The number of aliphatic carboxylic acids is 1. The summed E-state index contributed by atoms with van der Waals surface area (Å²) < 4.78 is 82.4. The molecule has 2 spiro atoms. The highest BCUT2D eigenvalue weighted by Gasteiger charge is 2.73. The van der Waals surface area contributed by atoms with E-state index < -0.39 is 71.5 Å². The predicted molar refractivity (Wildman–Crippen MR) is 177 cm³/mol. The smallest absolute Gasteiger partial charge is 0.449 e. The topological polar surface area (TPSA) is 114 Å². The predicted octanol–water partition coefficient (Wildman–Crippen LogP) is 6.90. The van der Waals surface area contributed by atoms with Crippen LogP contribution in [0.3, 0.4) is 0 Å². The van der Waals surface area contributed by atoms with Gasteiger partial charge in [-0.05, 0) is 108 Å². The Bertz CT molecular complexity index is 1450. The van der Waals surface area contributed by atoms with Gasteiger partial charge in [0.1, 0.15) is 5.60 Å². The van der Waals surface area contributed by atoms with Gasteiger partial charge in [0.25, 0.3) is 0 Å². The molecule has 0 unspecified atom stereocenters. The Hall–Kier alpha value is -1.52. The van der Waals surface area contributed by atoms with E-state index in [-0.39, 0.29) is 48.3 Å². The number of ether oxygens (including phenoxy) is 6. The summed E-state index contributed by atoms with van der Waals surface area (Å²) in [6.45, 7) is 12.1. The lowest BCUT2D eigenvalue weighted by atomic mass is 9.57. The molecule has 2 aliphatic carbocycles. The zero-order chi connectivity index (χ0) is 37.1. The molecule has 1 N–H and O–H groups in total. The summed E-state index contributed by atoms with van der Waals surface area (Å²) in [4.78, 5) is 25.8. The normalized spacial score (nSPS) is 49.3. The van der Waals surface area contributed by atoms with E-state index in [2.05, 4.69) is 20.8 Å². The maximum atomic E-state index is 14.7. The van der Waals surface area contributed by atoms with Gasteiger partial charge in [-0.3, -0.25) is 9.69 Å². The molecule has 7 aliphatic heterocycles. The van der Waals surface area contributed by atoms with Crippen molar-refractivity contribution in [2.45, 2.75) is 153 Å². The summed E-state index contributed by atoms with van der Waals surface area (Å²) in [6.07, 6.45) is 0.721. The SMILES string of the molecule is C[C@@H]1CC[C@H]2[C@@H](C)[C@@](C)(OCCCCN(CC(=O)O)CC3=C(C(F)(F)F)O[C@@H]4O[C@@]5(C)CC[C@H]6[C@H](C)CC[C@@H]3[C@@]46O5)O[C@@H]3O[C@]4(C)CC[C@@H]1[C@]32OO4. The molecule has 0 aromatic heterocycles. The second-order valence-corrected chi connectivity index (χ2v) is 17.8. The van der Waals surface area contributed by atoms with Crippen molar-refractivity contribution >= 4 is 5.97 Å². The molecule has 2 saturated carbocycles. The van der Waals surface area contributed by atoms with Gasteiger partial charge in [0.15, 0.2) is 23.5 Å². The average molecular weight is 744 g/mol. The van der Waals surface area contributed by atoms with E-state index in [0.717, 1.165) is 32.1 Å². The third kappa shape index (κ3) is 5.78. The zero-order valence-electron chi connectivity index (χ0n) is 31.3. The van der Waals surface area contributed by atoms with Crippen LogP contribution >= 0.6 is 0 Å². The number of carboxylic acid groups (broad SMARTS) is 1. The number of unbranched alkanes of at least 4 members (excludes halogenated alkanes) is 1. The van der Waals surface area contributed by atoms with Gasteiger partial charge in [0, 0.05) is 37.1 Å². The highest BCUT2D eigenvalue weighted by molar-refractivity contribution is 5.69. The van der Waals surface area contributed by atoms with E-state index in [1.54, 1.807) is 11.8 Å². The molecule has 14 heteroatoms. The number of allylic oxidation sites excluding steroid dienone is 1. The summed E-state index contributed by atoms with van der Waals surface area (Å²) in [5, 5.41) is 9.85. The van der Waals surface area contributed by atoms with Crippen LogP contribution in [0.5, 0.6) is 0 Å². The number of alkyl halides is 3. The fourth-order valence-corrected chi connectivity index (χ4v) is 11.8. The Labute approximate surface area is 304 Å². The third-order valence-corrected chi connectivity index (χ3v) is 14.5. The lowest BCUT2D eigenvalue weighted by molar-refractivity contribution is -0.585. The standard InChI is InChI=1S/C38H56F3NO10/c1-21-10-12-28-24(30(38(39,40)41)46-31-36(28)25(21)13-15-33(4,47-31)50-36)19-42(20-29(43)44)17-7-8-18-45-35(6)23(3)27-11-9-22(2)26-14-16-34(5)48-32(49-35)37(26,27)52-51-34/h21-23,25-28,31-32H,7-20H2,1-6H3,(H,43,44)/t21-,22-,23-,25+,26+,27+,28+,31-,32+,33-,34+,35+,36-,37-/m1/s1. The molecule has 4 bridgehead atoms. The Morgan fingerprint density at radius 3 is 2.23 bits per heavy atom. The van der Waals surface area contributed by atoms with Crippen LogP contribution < -0.4 is 0 Å². The first-order valence-corrected chi connectivity index (χ1v) is 19.6. The summed E-state index contributed by atoms with van der Waals surface area (Å²) >= 11 is 0. The van der Waals surface area contributed by atoms with E-state index in [9.17, 15) is 23.1 Å². The zero-order valence-corrected chi connectivity index (χ0v) is 31.3. The summed E-state index contributed by atoms with van der Waals surface area (Å²) in [7, 11) is 0. The fraction of sp³-hybridized carbons (Fsp3) is 0.921. The number of nitrogens with zero attached hydrogens (tertiary/aromatic N) is 1. The molecule has 52 heavy (non-hydrogen) atoms. The molecule has 0 amide bonds. The first-order valence-electron chi connectivity index (χ1n) is 19.6. The van der Waals surface area contributed by atoms with Crippen molar-refractivity contribution in [3.05, 3.63) is 11.3 Å². The molecule has 9 aliphatic rings. The third-order valence-electron chi connectivity index (χ3n) is 14.5. The maximum absolute atomic E-state index is 14.7. The van der Waals surface area contributed by atoms with Crippen molar-refractivity contribution in [1.82, 2.24) is 4.90 Å². The van der Waals surface area contributed by atoms with E-state index in [1.807, 2.05) is 13.8 Å². The van der Waals surface area contributed by atoms with E-state index >= 15 is 0 Å². The highest BCUT2D eigenvalue weighted by Crippen LogP contribution is 2.65. The molecule has 9 rings (SSSR count). The molecule has 0 aromatic carbocycles. The molecule has 14 atom stereocenters. The van der Waals surface area contributed by atoms with Crippen LogP contribution in [0, 0.1) is 41.4 Å². The number of hydrogen-bond donors (Lipinski definition) is 1. The maximum Gasteiger partial charge on any atom is 0.449 e. The van der Waals surface area contributed by atoms with Crippen molar-refractivity contribution in [2.24, 2.45) is 41.4 Å². The largest absolute Gasteiger partial charge is 0.480 e. The summed E-state index contributed by atoms with van der Waals surface area (Å²) in [6, 6.07) is 0. The van der Waals surface area contributed by atoms with E-state index in [1.165, 1.54) is 0 Å². The number of carboxylic acids is 1. The molecule has 11 nitrogen and oxygen atoms in total. The first-order chi connectivity index (χ1) is 24.4. The molecule has 294 valence electrons. The van der Waals surface area contributed by atoms with Crippen molar-refractivity contribution in [1.29, 1.82) is 0 Å². The molecular weight excluding hydrogens is 687 g/mol. The van der Waals surface area contributed by atoms with E-state index in [4.69, 9.17) is 38.2 Å². The van der Waals surface area contributed by atoms with Crippen molar-refractivity contribution < 1.29 is 61.3 Å². The fourth-order valence-electron chi connectivity index (χ4n) is 11.8. The number of fused-ring (bicyclic) bond motifs is 3. The second kappa shape index (κ2) is 12.8. The second-order valence-electron chi connectivity index (χ2n) is 17.8. The molecule has 0 radical (unpaired) electrons. The van der Waals surface area contributed by atoms with Crippen LogP contribution in [0.4, 0.5) is 13.2 Å². The first kappa shape index (κ1) is 37.4. The minimum atomic E-state index is -4.77. The van der Waals surface area contributed by atoms with Crippen molar-refractivity contribution in [3.8, 4) is 0 Å². The molecule has 8 fully saturated rings. The van der Waals surface area contributed by atoms with Gasteiger partial charge >= 0.3 is 12.1 Å².